The highest BCUT2D eigenvalue weighted by Crippen LogP contribution is 2.39. The SMILES string of the molecule is O=C(NC[C@]1(c2ccccc2)CC[C@H](O)[C@@H](N2CCOCC2)CC1)c1cscn1. The number of aliphatic hydroxyl groups excluding tert-OH is 1. The predicted octanol–water partition coefficient (Wildman–Crippen LogP) is 2.45. The van der Waals surface area contributed by atoms with Crippen LogP contribution < -0.4 is 5.32 Å². The zero-order valence-electron chi connectivity index (χ0n) is 16.6. The lowest BCUT2D eigenvalue weighted by Gasteiger charge is -2.37. The summed E-state index contributed by atoms with van der Waals surface area (Å²) in [5.41, 5.74) is 3.19. The molecule has 3 atom stereocenters. The van der Waals surface area contributed by atoms with Crippen molar-refractivity contribution in [2.24, 2.45) is 0 Å². The van der Waals surface area contributed by atoms with E-state index in [1.165, 1.54) is 16.9 Å². The summed E-state index contributed by atoms with van der Waals surface area (Å²) in [5.74, 6) is -0.129. The molecule has 0 bridgehead atoms. The molecule has 1 saturated carbocycles. The van der Waals surface area contributed by atoms with Gasteiger partial charge in [-0.15, -0.1) is 11.3 Å². The second-order valence-corrected chi connectivity index (χ2v) is 8.78. The minimum Gasteiger partial charge on any atom is -0.391 e. The topological polar surface area (TPSA) is 74.7 Å². The van der Waals surface area contributed by atoms with Crippen molar-refractivity contribution < 1.29 is 14.6 Å². The zero-order valence-corrected chi connectivity index (χ0v) is 17.4. The first-order valence-corrected chi connectivity index (χ1v) is 11.3. The summed E-state index contributed by atoms with van der Waals surface area (Å²) in [7, 11) is 0. The maximum absolute atomic E-state index is 12.5. The molecule has 7 heteroatoms. The van der Waals surface area contributed by atoms with Crippen molar-refractivity contribution >= 4 is 17.2 Å². The highest BCUT2D eigenvalue weighted by atomic mass is 32.1. The van der Waals surface area contributed by atoms with Gasteiger partial charge in [-0.05, 0) is 31.2 Å². The first-order chi connectivity index (χ1) is 14.2. The Hall–Kier alpha value is -1.80. The van der Waals surface area contributed by atoms with Crippen molar-refractivity contribution in [3.63, 3.8) is 0 Å². The fraction of sp³-hybridized carbons (Fsp3) is 0.545. The fourth-order valence-corrected chi connectivity index (χ4v) is 5.25. The van der Waals surface area contributed by atoms with Crippen LogP contribution in [0.1, 0.15) is 41.7 Å². The largest absolute Gasteiger partial charge is 0.391 e. The van der Waals surface area contributed by atoms with Crippen molar-refractivity contribution in [3.05, 3.63) is 52.5 Å². The van der Waals surface area contributed by atoms with Crippen LogP contribution in [-0.4, -0.2) is 65.9 Å². The zero-order chi connectivity index (χ0) is 20.1. The third-order valence-electron chi connectivity index (χ3n) is 6.43. The van der Waals surface area contributed by atoms with E-state index in [1.54, 1.807) is 10.9 Å². The number of rotatable bonds is 5. The van der Waals surface area contributed by atoms with E-state index in [0.717, 1.165) is 52.0 Å². The minimum atomic E-state index is -0.354. The average molecular weight is 416 g/mol. The van der Waals surface area contributed by atoms with E-state index in [0.29, 0.717) is 12.2 Å². The van der Waals surface area contributed by atoms with Crippen LogP contribution in [0, 0.1) is 0 Å². The van der Waals surface area contributed by atoms with Crippen molar-refractivity contribution in [2.75, 3.05) is 32.8 Å². The number of carbonyl (C=O) groups excluding carboxylic acids is 1. The van der Waals surface area contributed by atoms with Gasteiger partial charge in [0.05, 0.1) is 24.8 Å². The molecule has 1 aromatic heterocycles. The van der Waals surface area contributed by atoms with E-state index in [9.17, 15) is 9.90 Å². The molecule has 29 heavy (non-hydrogen) atoms. The Bertz CT molecular complexity index is 780. The molecular formula is C22H29N3O3S. The van der Waals surface area contributed by atoms with Crippen molar-refractivity contribution in [2.45, 2.75) is 43.2 Å². The summed E-state index contributed by atoms with van der Waals surface area (Å²) in [5, 5.41) is 15.8. The molecule has 1 amide bonds. The standard InChI is InChI=1S/C22H29N3O3S/c26-20-7-9-22(17-4-2-1-3-5-17,15-23-21(27)18-14-29-16-24-18)8-6-19(20)25-10-12-28-13-11-25/h1-5,14,16,19-20,26H,6-13,15H2,(H,23,27)/t19-,20-,22+/m0/s1. The number of nitrogens with one attached hydrogen (secondary N) is 1. The maximum Gasteiger partial charge on any atom is 0.270 e. The second-order valence-electron chi connectivity index (χ2n) is 8.06. The van der Waals surface area contributed by atoms with Gasteiger partial charge in [-0.3, -0.25) is 9.69 Å². The van der Waals surface area contributed by atoms with E-state index in [1.807, 2.05) is 6.07 Å². The lowest BCUT2D eigenvalue weighted by Crippen LogP contribution is -2.48. The average Bonchev–Trinajstić information content (AvgIpc) is 3.26. The lowest BCUT2D eigenvalue weighted by molar-refractivity contribution is -0.0236. The lowest BCUT2D eigenvalue weighted by atomic mass is 9.74. The number of aromatic nitrogens is 1. The summed E-state index contributed by atoms with van der Waals surface area (Å²) in [6.45, 7) is 3.77. The van der Waals surface area contributed by atoms with E-state index in [4.69, 9.17) is 4.74 Å². The number of benzene rings is 1. The Morgan fingerprint density at radius 1 is 1.24 bits per heavy atom. The Morgan fingerprint density at radius 3 is 2.72 bits per heavy atom. The van der Waals surface area contributed by atoms with E-state index >= 15 is 0 Å². The quantitative estimate of drug-likeness (QED) is 0.734. The van der Waals surface area contributed by atoms with Gasteiger partial charge in [-0.1, -0.05) is 30.3 Å². The van der Waals surface area contributed by atoms with Crippen molar-refractivity contribution in [3.8, 4) is 0 Å². The molecule has 1 aromatic carbocycles. The fourth-order valence-electron chi connectivity index (χ4n) is 4.72. The molecular weight excluding hydrogens is 386 g/mol. The molecule has 4 rings (SSSR count). The van der Waals surface area contributed by atoms with Crippen molar-refractivity contribution in [1.82, 2.24) is 15.2 Å². The van der Waals surface area contributed by atoms with Crippen LogP contribution in [0.5, 0.6) is 0 Å². The summed E-state index contributed by atoms with van der Waals surface area (Å²) in [6, 6.07) is 10.6. The Morgan fingerprint density at radius 2 is 2.00 bits per heavy atom. The maximum atomic E-state index is 12.5. The number of nitrogens with zero attached hydrogens (tertiary/aromatic N) is 2. The molecule has 1 saturated heterocycles. The summed E-state index contributed by atoms with van der Waals surface area (Å²) in [4.78, 5) is 19.1. The third kappa shape index (κ3) is 4.69. The van der Waals surface area contributed by atoms with Gasteiger partial charge in [0.2, 0.25) is 0 Å². The number of ether oxygens (including phenoxy) is 1. The molecule has 2 heterocycles. The van der Waals surface area contributed by atoms with Gasteiger partial charge in [0.25, 0.3) is 5.91 Å². The van der Waals surface area contributed by atoms with Crippen LogP contribution >= 0.6 is 11.3 Å². The molecule has 0 radical (unpaired) electrons. The van der Waals surface area contributed by atoms with E-state index in [2.05, 4.69) is 39.5 Å². The van der Waals surface area contributed by atoms with Crippen molar-refractivity contribution in [1.29, 1.82) is 0 Å². The molecule has 2 fully saturated rings. The predicted molar refractivity (Wildman–Crippen MR) is 113 cm³/mol. The molecule has 1 aliphatic carbocycles. The number of hydrogen-bond donors (Lipinski definition) is 2. The molecule has 2 aromatic rings. The number of aliphatic hydroxyl groups is 1. The molecule has 6 nitrogen and oxygen atoms in total. The van der Waals surface area contributed by atoms with E-state index < -0.39 is 0 Å². The number of hydrogen-bond acceptors (Lipinski definition) is 6. The molecule has 156 valence electrons. The van der Waals surface area contributed by atoms with E-state index in [-0.39, 0.29) is 23.5 Å². The normalized spacial score (nSPS) is 28.6. The van der Waals surface area contributed by atoms with Gasteiger partial charge < -0.3 is 15.2 Å². The third-order valence-corrected chi connectivity index (χ3v) is 7.02. The van der Waals surface area contributed by atoms with Gasteiger partial charge in [0.15, 0.2) is 0 Å². The number of amides is 1. The monoisotopic (exact) mass is 415 g/mol. The minimum absolute atomic E-state index is 0.129. The first-order valence-electron chi connectivity index (χ1n) is 10.4. The highest BCUT2D eigenvalue weighted by molar-refractivity contribution is 7.07. The second kappa shape index (κ2) is 9.34. The molecule has 0 unspecified atom stereocenters. The summed E-state index contributed by atoms with van der Waals surface area (Å²) >= 11 is 1.42. The van der Waals surface area contributed by atoms with Crippen LogP contribution in [0.15, 0.2) is 41.2 Å². The van der Waals surface area contributed by atoms with Gasteiger partial charge in [0, 0.05) is 36.5 Å². The van der Waals surface area contributed by atoms with Crippen LogP contribution in [-0.2, 0) is 10.2 Å². The van der Waals surface area contributed by atoms with Gasteiger partial charge in [-0.25, -0.2) is 4.98 Å². The Labute approximate surface area is 175 Å². The number of thiazole rings is 1. The molecule has 0 spiro atoms. The van der Waals surface area contributed by atoms with Crippen LogP contribution in [0.3, 0.4) is 0 Å². The van der Waals surface area contributed by atoms with Crippen LogP contribution in [0.25, 0.3) is 0 Å². The Kier molecular flexibility index (Phi) is 6.60. The van der Waals surface area contributed by atoms with Gasteiger partial charge in [0.1, 0.15) is 5.69 Å². The molecule has 1 aliphatic heterocycles. The summed E-state index contributed by atoms with van der Waals surface area (Å²) < 4.78 is 5.49. The van der Waals surface area contributed by atoms with Gasteiger partial charge in [-0.2, -0.15) is 0 Å². The highest BCUT2D eigenvalue weighted by Gasteiger charge is 2.40. The first kappa shape index (κ1) is 20.5. The number of carbonyl (C=O) groups is 1. The van der Waals surface area contributed by atoms with Crippen LogP contribution in [0.4, 0.5) is 0 Å². The number of morpholine rings is 1. The molecule has 2 N–H and O–H groups in total. The van der Waals surface area contributed by atoms with Gasteiger partial charge >= 0.3 is 0 Å². The smallest absolute Gasteiger partial charge is 0.270 e. The van der Waals surface area contributed by atoms with Crippen LogP contribution in [0.2, 0.25) is 0 Å². The Balaban J connectivity index is 1.53. The molecule has 2 aliphatic rings. The summed E-state index contributed by atoms with van der Waals surface area (Å²) in [6.07, 6.45) is 3.04.